The first-order valence-corrected chi connectivity index (χ1v) is 40.0. The van der Waals surface area contributed by atoms with Gasteiger partial charge in [0.15, 0.2) is 12.2 Å². The van der Waals surface area contributed by atoms with Crippen molar-refractivity contribution in [1.82, 2.24) is 0 Å². The zero-order chi connectivity index (χ0) is 67.0. The summed E-state index contributed by atoms with van der Waals surface area (Å²) >= 11 is 0. The van der Waals surface area contributed by atoms with Gasteiger partial charge >= 0.3 is 39.5 Å². The highest BCUT2D eigenvalue weighted by atomic mass is 31.2. The number of aliphatic hydroxyl groups is 1. The predicted octanol–water partition coefficient (Wildman–Crippen LogP) is 20.5. The lowest BCUT2D eigenvalue weighted by atomic mass is 10.00. The third kappa shape index (κ3) is 64.6. The Labute approximate surface area is 554 Å². The molecule has 0 amide bonds. The molecule has 0 radical (unpaired) electrons. The summed E-state index contributed by atoms with van der Waals surface area (Å²) < 4.78 is 68.3. The van der Waals surface area contributed by atoms with E-state index in [4.69, 9.17) is 37.0 Å². The molecule has 0 aliphatic heterocycles. The van der Waals surface area contributed by atoms with Gasteiger partial charge in [0.25, 0.3) is 0 Å². The summed E-state index contributed by atoms with van der Waals surface area (Å²) in [6, 6.07) is 0. The molecular weight excluding hydrogens is 1200 g/mol. The first-order valence-electron chi connectivity index (χ1n) is 37.0. The van der Waals surface area contributed by atoms with Gasteiger partial charge in [0.2, 0.25) is 0 Å². The molecule has 0 fully saturated rings. The molecule has 0 aliphatic carbocycles. The fourth-order valence-corrected chi connectivity index (χ4v) is 12.0. The number of hydrogen-bond acceptors (Lipinski definition) is 15. The van der Waals surface area contributed by atoms with Crippen molar-refractivity contribution in [1.29, 1.82) is 0 Å². The molecule has 3 N–H and O–H groups in total. The van der Waals surface area contributed by atoms with Crippen molar-refractivity contribution in [2.24, 2.45) is 5.92 Å². The maximum Gasteiger partial charge on any atom is 0.472 e. The fraction of sp³-hybridized carbons (Fsp3) is 0.889. The van der Waals surface area contributed by atoms with Gasteiger partial charge in [-0.15, -0.1) is 0 Å². The van der Waals surface area contributed by atoms with E-state index < -0.39 is 97.5 Å². The molecule has 536 valence electrons. The molecule has 17 nitrogen and oxygen atoms in total. The number of phosphoric acid groups is 2. The topological polar surface area (TPSA) is 237 Å². The summed E-state index contributed by atoms with van der Waals surface area (Å²) in [5.74, 6) is -1.42. The molecule has 0 rings (SSSR count). The molecule has 0 bridgehead atoms. The average Bonchev–Trinajstić information content (AvgIpc) is 3.56. The Hall–Kier alpha value is -2.46. The number of carbonyl (C=O) groups excluding carboxylic acids is 4. The average molecular weight is 1340 g/mol. The maximum absolute atomic E-state index is 13.0. The van der Waals surface area contributed by atoms with Crippen molar-refractivity contribution in [3.05, 3.63) is 24.3 Å². The van der Waals surface area contributed by atoms with Crippen molar-refractivity contribution in [2.45, 2.75) is 368 Å². The Morgan fingerprint density at radius 3 is 0.934 bits per heavy atom. The van der Waals surface area contributed by atoms with Crippen LogP contribution in [-0.2, 0) is 65.4 Å². The number of carbonyl (C=O) groups is 4. The van der Waals surface area contributed by atoms with E-state index in [0.29, 0.717) is 25.7 Å². The number of hydrogen-bond donors (Lipinski definition) is 3. The van der Waals surface area contributed by atoms with Crippen molar-refractivity contribution in [3.8, 4) is 0 Å². The minimum atomic E-state index is -4.96. The molecule has 6 atom stereocenters. The molecule has 0 heterocycles. The van der Waals surface area contributed by atoms with E-state index in [2.05, 4.69) is 58.9 Å². The third-order valence-electron chi connectivity index (χ3n) is 16.5. The van der Waals surface area contributed by atoms with E-state index in [1.807, 2.05) is 0 Å². The number of phosphoric ester groups is 2. The van der Waals surface area contributed by atoms with Crippen molar-refractivity contribution < 1.29 is 80.2 Å². The lowest BCUT2D eigenvalue weighted by Gasteiger charge is -2.21. The molecule has 19 heteroatoms. The molecule has 0 saturated carbocycles. The van der Waals surface area contributed by atoms with Crippen LogP contribution in [0.1, 0.15) is 349 Å². The lowest BCUT2D eigenvalue weighted by Crippen LogP contribution is -2.30. The van der Waals surface area contributed by atoms with Crippen molar-refractivity contribution in [3.63, 3.8) is 0 Å². The molecule has 3 unspecified atom stereocenters. The summed E-state index contributed by atoms with van der Waals surface area (Å²) in [5.41, 5.74) is 0. The third-order valence-corrected chi connectivity index (χ3v) is 18.4. The molecular formula is C72H136O17P2. The van der Waals surface area contributed by atoms with E-state index in [9.17, 15) is 43.2 Å². The van der Waals surface area contributed by atoms with Crippen LogP contribution in [0.4, 0.5) is 0 Å². The second-order valence-corrected chi connectivity index (χ2v) is 28.4. The normalized spacial score (nSPS) is 14.5. The van der Waals surface area contributed by atoms with Crippen LogP contribution >= 0.6 is 15.6 Å². The van der Waals surface area contributed by atoms with Gasteiger partial charge in [0, 0.05) is 25.7 Å². The zero-order valence-electron chi connectivity index (χ0n) is 58.5. The van der Waals surface area contributed by atoms with E-state index in [0.717, 1.165) is 115 Å². The summed E-state index contributed by atoms with van der Waals surface area (Å²) in [5, 5.41) is 10.6. The Morgan fingerprint density at radius 2 is 0.615 bits per heavy atom. The maximum atomic E-state index is 13.0. The number of esters is 4. The molecule has 0 aromatic rings. The first kappa shape index (κ1) is 88.5. The van der Waals surface area contributed by atoms with Gasteiger partial charge in [-0.05, 0) is 57.3 Å². The van der Waals surface area contributed by atoms with Gasteiger partial charge in [-0.25, -0.2) is 9.13 Å². The highest BCUT2D eigenvalue weighted by Gasteiger charge is 2.30. The van der Waals surface area contributed by atoms with E-state index in [1.165, 1.54) is 154 Å². The minimum Gasteiger partial charge on any atom is -0.462 e. The van der Waals surface area contributed by atoms with Gasteiger partial charge in [-0.1, -0.05) is 296 Å². The molecule has 0 aromatic heterocycles. The van der Waals surface area contributed by atoms with Crippen molar-refractivity contribution >= 4 is 39.5 Å². The van der Waals surface area contributed by atoms with Gasteiger partial charge in [-0.3, -0.25) is 37.3 Å². The quantitative estimate of drug-likeness (QED) is 0.0169. The Kier molecular flexibility index (Phi) is 63.1. The largest absolute Gasteiger partial charge is 0.472 e. The van der Waals surface area contributed by atoms with E-state index in [-0.39, 0.29) is 25.7 Å². The second-order valence-electron chi connectivity index (χ2n) is 25.5. The standard InChI is InChI=1S/C72H136O17P2/c1-6-10-13-16-19-22-25-27-29-31-34-36-39-45-50-55-69(74)82-61-67(88-72(77)58-53-48-41-38-35-32-30-28-26-23-20-17-14-11-7-2)63-86-90(78,79)84-59-66(73)60-85-91(80,81)87-64-68(62-83-70(75)56-51-46-43-42-44-49-54-65(5)9-4)89-71(76)57-52-47-40-37-33-24-21-18-15-12-8-3/h23,26,28,30,65-68,73H,6-22,24-25,27,29,31-64H2,1-5H3,(H,78,79)(H,80,81)/b26-23-,30-28-/t65?,66-,67-,68-/m1/s1. The van der Waals surface area contributed by atoms with E-state index in [1.54, 1.807) is 0 Å². The number of rotatable bonds is 70. The fourth-order valence-electron chi connectivity index (χ4n) is 10.4. The van der Waals surface area contributed by atoms with Crippen LogP contribution < -0.4 is 0 Å². The monoisotopic (exact) mass is 1330 g/mol. The molecule has 0 aromatic carbocycles. The Morgan fingerprint density at radius 1 is 0.352 bits per heavy atom. The number of allylic oxidation sites excluding steroid dienone is 4. The van der Waals surface area contributed by atoms with Crippen LogP contribution in [0.3, 0.4) is 0 Å². The smallest absolute Gasteiger partial charge is 0.462 e. The first-order chi connectivity index (χ1) is 44.1. The van der Waals surface area contributed by atoms with Crippen molar-refractivity contribution in [2.75, 3.05) is 39.6 Å². The van der Waals surface area contributed by atoms with Crippen LogP contribution in [0.15, 0.2) is 24.3 Å². The predicted molar refractivity (Wildman–Crippen MR) is 368 cm³/mol. The van der Waals surface area contributed by atoms with Crippen LogP contribution in [0.2, 0.25) is 0 Å². The SMILES string of the molecule is CCCCCC/C=C\C=C/CCCCCCCC(=O)O[C@H](COC(=O)CCCCCCCCCCCCCCCCC)COP(=O)(O)OC[C@@H](O)COP(=O)(O)OC[C@@H](COC(=O)CCCCCCCCC(C)CC)OC(=O)CCCCCCCCCCCCC. The highest BCUT2D eigenvalue weighted by Crippen LogP contribution is 2.45. The summed E-state index contributed by atoms with van der Waals surface area (Å²) in [4.78, 5) is 72.6. The minimum absolute atomic E-state index is 0.0855. The Bertz CT molecular complexity index is 1850. The van der Waals surface area contributed by atoms with E-state index >= 15 is 0 Å². The van der Waals surface area contributed by atoms with Crippen LogP contribution in [-0.4, -0.2) is 96.7 Å². The highest BCUT2D eigenvalue weighted by molar-refractivity contribution is 7.47. The van der Waals surface area contributed by atoms with Crippen LogP contribution in [0.25, 0.3) is 0 Å². The Balaban J connectivity index is 5.28. The van der Waals surface area contributed by atoms with Crippen LogP contribution in [0.5, 0.6) is 0 Å². The number of aliphatic hydroxyl groups excluding tert-OH is 1. The zero-order valence-corrected chi connectivity index (χ0v) is 60.3. The van der Waals surface area contributed by atoms with Gasteiger partial charge < -0.3 is 33.8 Å². The summed E-state index contributed by atoms with van der Waals surface area (Å²) in [7, 11) is -9.91. The molecule has 0 aliphatic rings. The summed E-state index contributed by atoms with van der Waals surface area (Å²) in [6.07, 6.45) is 54.8. The molecule has 91 heavy (non-hydrogen) atoms. The van der Waals surface area contributed by atoms with Gasteiger partial charge in [-0.2, -0.15) is 0 Å². The summed E-state index contributed by atoms with van der Waals surface area (Å²) in [6.45, 7) is 7.15. The second kappa shape index (κ2) is 64.9. The lowest BCUT2D eigenvalue weighted by molar-refractivity contribution is -0.161. The molecule has 0 spiro atoms. The van der Waals surface area contributed by atoms with Gasteiger partial charge in [0.1, 0.15) is 19.3 Å². The number of ether oxygens (including phenoxy) is 4. The van der Waals surface area contributed by atoms with Crippen LogP contribution in [0, 0.1) is 5.92 Å². The molecule has 0 saturated heterocycles. The number of unbranched alkanes of at least 4 members (excludes halogenated alkanes) is 38. The van der Waals surface area contributed by atoms with Gasteiger partial charge in [0.05, 0.1) is 26.4 Å².